The fraction of sp³-hybridized carbons (Fsp3) is 0.217. The molecule has 30 heavy (non-hydrogen) atoms. The molecule has 2 aromatic carbocycles. The zero-order valence-electron chi connectivity index (χ0n) is 16.7. The molecule has 0 aliphatic rings. The summed E-state index contributed by atoms with van der Waals surface area (Å²) in [5.74, 6) is 1.39. The minimum Gasteiger partial charge on any atom is -0.457 e. The summed E-state index contributed by atoms with van der Waals surface area (Å²) in [5.41, 5.74) is 2.03. The van der Waals surface area contributed by atoms with Gasteiger partial charge in [-0.25, -0.2) is 9.78 Å². The van der Waals surface area contributed by atoms with Crippen LogP contribution in [-0.2, 0) is 17.8 Å². The Bertz CT molecular complexity index is 1070. The average molecular weight is 422 g/mol. The molecule has 0 aliphatic carbocycles. The van der Waals surface area contributed by atoms with Crippen LogP contribution < -0.4 is 5.32 Å². The summed E-state index contributed by atoms with van der Waals surface area (Å²) in [7, 11) is 1.63. The number of rotatable bonds is 8. The van der Waals surface area contributed by atoms with Gasteiger partial charge in [-0.1, -0.05) is 42.5 Å². The summed E-state index contributed by atoms with van der Waals surface area (Å²) in [5, 5.41) is 3.77. The molecule has 154 valence electrons. The Morgan fingerprint density at radius 1 is 1.10 bits per heavy atom. The summed E-state index contributed by atoms with van der Waals surface area (Å²) in [6.45, 7) is 1.81. The molecule has 0 unspecified atom stereocenters. The number of carbonyl (C=O) groups is 1. The molecule has 0 bridgehead atoms. The van der Waals surface area contributed by atoms with E-state index < -0.39 is 0 Å². The van der Waals surface area contributed by atoms with E-state index in [0.717, 1.165) is 20.8 Å². The van der Waals surface area contributed by atoms with Crippen molar-refractivity contribution >= 4 is 27.6 Å². The van der Waals surface area contributed by atoms with Crippen molar-refractivity contribution < 1.29 is 13.9 Å². The molecular formula is C23H23N3O3S. The molecule has 6 nitrogen and oxygen atoms in total. The van der Waals surface area contributed by atoms with Crippen LogP contribution in [0, 0.1) is 0 Å². The van der Waals surface area contributed by atoms with Crippen LogP contribution in [0.5, 0.6) is 0 Å². The maximum Gasteiger partial charge on any atom is 0.318 e. The molecule has 2 aromatic heterocycles. The smallest absolute Gasteiger partial charge is 0.318 e. The van der Waals surface area contributed by atoms with E-state index in [1.54, 1.807) is 23.3 Å². The molecule has 0 aliphatic heterocycles. The van der Waals surface area contributed by atoms with E-state index in [4.69, 9.17) is 9.15 Å². The van der Waals surface area contributed by atoms with Gasteiger partial charge in [0.15, 0.2) is 10.8 Å². The third kappa shape index (κ3) is 4.87. The number of urea groups is 1. The second-order valence-corrected chi connectivity index (χ2v) is 7.84. The molecule has 7 heteroatoms. The number of nitrogens with one attached hydrogen (secondary N) is 1. The number of hydrogen-bond donors (Lipinski definition) is 1. The second kappa shape index (κ2) is 9.56. The normalized spacial score (nSPS) is 11.0. The fourth-order valence-electron chi connectivity index (χ4n) is 3.10. The van der Waals surface area contributed by atoms with Crippen LogP contribution in [0.3, 0.4) is 0 Å². The highest BCUT2D eigenvalue weighted by molar-refractivity contribution is 7.21. The Balaban J connectivity index is 1.39. The number of carbonyl (C=O) groups excluding carboxylic acids is 1. The maximum absolute atomic E-state index is 12.7. The highest BCUT2D eigenvalue weighted by atomic mass is 32.1. The number of benzene rings is 2. The van der Waals surface area contributed by atoms with Crippen molar-refractivity contribution in [1.29, 1.82) is 0 Å². The lowest BCUT2D eigenvalue weighted by molar-refractivity contribution is 0.146. The molecule has 2 amide bonds. The van der Waals surface area contributed by atoms with Crippen molar-refractivity contribution in [1.82, 2.24) is 15.2 Å². The van der Waals surface area contributed by atoms with Gasteiger partial charge in [-0.2, -0.15) is 0 Å². The minimum atomic E-state index is -0.158. The molecule has 0 saturated carbocycles. The number of nitrogens with zero attached hydrogens (tertiary/aromatic N) is 2. The van der Waals surface area contributed by atoms with E-state index in [1.165, 1.54) is 0 Å². The van der Waals surface area contributed by atoms with Crippen molar-refractivity contribution in [3.8, 4) is 10.8 Å². The molecule has 0 saturated heterocycles. The Labute approximate surface area is 179 Å². The number of aromatic nitrogens is 1. The van der Waals surface area contributed by atoms with Crippen molar-refractivity contribution in [3.05, 3.63) is 78.1 Å². The molecule has 4 aromatic rings. The third-order valence-corrected chi connectivity index (χ3v) is 5.70. The highest BCUT2D eigenvalue weighted by Gasteiger charge is 2.15. The Kier molecular flexibility index (Phi) is 6.41. The second-order valence-electron chi connectivity index (χ2n) is 6.81. The van der Waals surface area contributed by atoms with Crippen LogP contribution in [0.2, 0.25) is 0 Å². The Morgan fingerprint density at radius 2 is 1.90 bits per heavy atom. The van der Waals surface area contributed by atoms with Gasteiger partial charge in [-0.3, -0.25) is 0 Å². The Hall–Kier alpha value is -3.16. The van der Waals surface area contributed by atoms with Crippen LogP contribution in [0.1, 0.15) is 11.3 Å². The summed E-state index contributed by atoms with van der Waals surface area (Å²) in [4.78, 5) is 19.1. The first-order valence-corrected chi connectivity index (χ1v) is 10.5. The topological polar surface area (TPSA) is 67.6 Å². The van der Waals surface area contributed by atoms with Crippen molar-refractivity contribution in [3.63, 3.8) is 0 Å². The van der Waals surface area contributed by atoms with Crippen molar-refractivity contribution in [2.24, 2.45) is 0 Å². The first-order chi connectivity index (χ1) is 14.7. The predicted octanol–water partition coefficient (Wildman–Crippen LogP) is 4.91. The fourth-order valence-corrected chi connectivity index (χ4v) is 4.03. The van der Waals surface area contributed by atoms with Crippen LogP contribution in [-0.4, -0.2) is 36.2 Å². The van der Waals surface area contributed by atoms with Crippen molar-refractivity contribution in [2.75, 3.05) is 20.3 Å². The number of methoxy groups -OCH3 is 1. The molecule has 0 atom stereocenters. The first kappa shape index (κ1) is 20.1. The van der Waals surface area contributed by atoms with Gasteiger partial charge in [0.25, 0.3) is 0 Å². The van der Waals surface area contributed by atoms with Gasteiger partial charge in [0, 0.05) is 20.2 Å². The minimum absolute atomic E-state index is 0.158. The third-order valence-electron chi connectivity index (χ3n) is 4.65. The van der Waals surface area contributed by atoms with Gasteiger partial charge in [-0.15, -0.1) is 11.3 Å². The van der Waals surface area contributed by atoms with E-state index in [-0.39, 0.29) is 6.03 Å². The quantitative estimate of drug-likeness (QED) is 0.439. The van der Waals surface area contributed by atoms with Gasteiger partial charge < -0.3 is 19.4 Å². The lowest BCUT2D eigenvalue weighted by Crippen LogP contribution is -2.40. The number of furan rings is 1. The first-order valence-electron chi connectivity index (χ1n) is 9.73. The monoisotopic (exact) mass is 421 g/mol. The zero-order valence-corrected chi connectivity index (χ0v) is 17.5. The standard InChI is InChI=1S/C23H23N3O3S/c1-28-14-13-26(16-17-7-3-2-4-8-17)23(27)24-15-18-11-12-20(29-18)22-25-19-9-5-6-10-21(19)30-22/h2-12H,13-16H2,1H3,(H,24,27). The molecular weight excluding hydrogens is 398 g/mol. The van der Waals surface area contributed by atoms with Crippen LogP contribution in [0.4, 0.5) is 4.79 Å². The van der Waals surface area contributed by atoms with E-state index in [1.807, 2.05) is 66.7 Å². The summed E-state index contributed by atoms with van der Waals surface area (Å²) < 4.78 is 12.2. The maximum atomic E-state index is 12.7. The van der Waals surface area contributed by atoms with Gasteiger partial charge in [0.2, 0.25) is 0 Å². The lowest BCUT2D eigenvalue weighted by Gasteiger charge is -2.22. The van der Waals surface area contributed by atoms with Crippen LogP contribution >= 0.6 is 11.3 Å². The number of ether oxygens (including phenoxy) is 1. The van der Waals surface area contributed by atoms with E-state index in [0.29, 0.717) is 37.8 Å². The van der Waals surface area contributed by atoms with Gasteiger partial charge in [-0.05, 0) is 29.8 Å². The summed E-state index contributed by atoms with van der Waals surface area (Å²) in [6.07, 6.45) is 0. The van der Waals surface area contributed by atoms with Crippen LogP contribution in [0.25, 0.3) is 21.0 Å². The van der Waals surface area contributed by atoms with Crippen LogP contribution in [0.15, 0.2) is 71.1 Å². The molecule has 0 radical (unpaired) electrons. The Morgan fingerprint density at radius 3 is 2.70 bits per heavy atom. The molecule has 0 spiro atoms. The van der Waals surface area contributed by atoms with E-state index >= 15 is 0 Å². The number of amides is 2. The summed E-state index contributed by atoms with van der Waals surface area (Å²) in [6, 6.07) is 21.5. The van der Waals surface area contributed by atoms with Gasteiger partial charge in [0.1, 0.15) is 5.76 Å². The number of para-hydroxylation sites is 1. The zero-order chi connectivity index (χ0) is 20.8. The number of hydrogen-bond acceptors (Lipinski definition) is 5. The van der Waals surface area contributed by atoms with E-state index in [2.05, 4.69) is 10.3 Å². The van der Waals surface area contributed by atoms with Gasteiger partial charge in [0.05, 0.1) is 23.4 Å². The molecule has 2 heterocycles. The van der Waals surface area contributed by atoms with Gasteiger partial charge >= 0.3 is 6.03 Å². The van der Waals surface area contributed by atoms with Crippen molar-refractivity contribution in [2.45, 2.75) is 13.1 Å². The lowest BCUT2D eigenvalue weighted by atomic mass is 10.2. The number of fused-ring (bicyclic) bond motifs is 1. The number of thiazole rings is 1. The average Bonchev–Trinajstić information content (AvgIpc) is 3.42. The molecule has 4 rings (SSSR count). The highest BCUT2D eigenvalue weighted by Crippen LogP contribution is 2.31. The largest absolute Gasteiger partial charge is 0.457 e. The SMILES string of the molecule is COCCN(Cc1ccccc1)C(=O)NCc1ccc(-c2nc3ccccc3s2)o1. The molecule has 0 fully saturated rings. The van der Waals surface area contributed by atoms with E-state index in [9.17, 15) is 4.79 Å². The predicted molar refractivity (Wildman–Crippen MR) is 118 cm³/mol. The summed E-state index contributed by atoms with van der Waals surface area (Å²) >= 11 is 1.59. The molecule has 1 N–H and O–H groups in total.